The van der Waals surface area contributed by atoms with Crippen LogP contribution in [0, 0.1) is 0 Å². The Kier molecular flexibility index (Phi) is 4.53. The topological polar surface area (TPSA) is 74.7 Å². The quantitative estimate of drug-likeness (QED) is 0.895. The molecule has 1 heterocycles. The summed E-state index contributed by atoms with van der Waals surface area (Å²) in [6, 6.07) is 6.68. The summed E-state index contributed by atoms with van der Waals surface area (Å²) in [5, 5.41) is 9.29. The number of carboxylic acid groups (broad SMARTS) is 1. The van der Waals surface area contributed by atoms with E-state index < -0.39 is 40.0 Å². The van der Waals surface area contributed by atoms with E-state index in [2.05, 4.69) is 0 Å². The standard InChI is InChI=1S/C14H17F2NO4S/c1-14(15,16)6-7-22(20,21)17-8-10-4-2-3-5-11(10)12(9-17)13(18)19/h2-5,12H,6-9H2,1H3,(H,18,19). The van der Waals surface area contributed by atoms with Crippen molar-refractivity contribution in [3.8, 4) is 0 Å². The Morgan fingerprint density at radius 1 is 1.41 bits per heavy atom. The normalized spacial score (nSPS) is 19.7. The Morgan fingerprint density at radius 2 is 2.05 bits per heavy atom. The van der Waals surface area contributed by atoms with Gasteiger partial charge in [0.25, 0.3) is 0 Å². The molecular formula is C14H17F2NO4S. The Hall–Kier alpha value is -1.54. The predicted octanol–water partition coefficient (Wildman–Crippen LogP) is 2.05. The molecule has 0 aromatic heterocycles. The van der Waals surface area contributed by atoms with Crippen molar-refractivity contribution in [2.75, 3.05) is 12.3 Å². The van der Waals surface area contributed by atoms with Crippen molar-refractivity contribution < 1.29 is 27.1 Å². The third kappa shape index (κ3) is 3.80. The molecular weight excluding hydrogens is 316 g/mol. The van der Waals surface area contributed by atoms with Crippen LogP contribution in [-0.4, -0.2) is 42.0 Å². The smallest absolute Gasteiger partial charge is 0.312 e. The van der Waals surface area contributed by atoms with E-state index in [1.165, 1.54) is 0 Å². The molecule has 0 aliphatic carbocycles. The van der Waals surface area contributed by atoms with Crippen LogP contribution in [0.25, 0.3) is 0 Å². The summed E-state index contributed by atoms with van der Waals surface area (Å²) in [6.07, 6.45) is -0.786. The Labute approximate surface area is 127 Å². The minimum absolute atomic E-state index is 0.0115. The van der Waals surface area contributed by atoms with Gasteiger partial charge in [-0.1, -0.05) is 24.3 Å². The fraction of sp³-hybridized carbons (Fsp3) is 0.500. The summed E-state index contributed by atoms with van der Waals surface area (Å²) < 4.78 is 51.2. The molecule has 1 aliphatic rings. The number of aliphatic carboxylic acids is 1. The number of hydrogen-bond acceptors (Lipinski definition) is 3. The molecule has 1 aromatic rings. The molecule has 5 nitrogen and oxygen atoms in total. The van der Waals surface area contributed by atoms with E-state index in [1.807, 2.05) is 0 Å². The van der Waals surface area contributed by atoms with E-state index in [1.54, 1.807) is 24.3 Å². The second kappa shape index (κ2) is 5.92. The second-order valence-corrected chi connectivity index (χ2v) is 7.61. The highest BCUT2D eigenvalue weighted by Gasteiger charge is 2.36. The summed E-state index contributed by atoms with van der Waals surface area (Å²) in [7, 11) is -3.94. The van der Waals surface area contributed by atoms with Crippen LogP contribution < -0.4 is 0 Å². The first-order valence-electron chi connectivity index (χ1n) is 6.76. The minimum atomic E-state index is -3.94. The highest BCUT2D eigenvalue weighted by molar-refractivity contribution is 7.89. The van der Waals surface area contributed by atoms with Gasteiger partial charge in [0.1, 0.15) is 0 Å². The number of carboxylic acids is 1. The number of benzene rings is 1. The lowest BCUT2D eigenvalue weighted by atomic mass is 9.91. The van der Waals surface area contributed by atoms with E-state index >= 15 is 0 Å². The van der Waals surface area contributed by atoms with Gasteiger partial charge < -0.3 is 5.11 Å². The van der Waals surface area contributed by atoms with Crippen molar-refractivity contribution in [2.45, 2.75) is 31.7 Å². The van der Waals surface area contributed by atoms with Crippen LogP contribution in [0.4, 0.5) is 8.78 Å². The first-order valence-corrected chi connectivity index (χ1v) is 8.37. The van der Waals surface area contributed by atoms with Crippen LogP contribution in [0.15, 0.2) is 24.3 Å². The molecule has 0 fully saturated rings. The second-order valence-electron chi connectivity index (χ2n) is 5.52. The van der Waals surface area contributed by atoms with Crippen LogP contribution in [0.1, 0.15) is 30.4 Å². The largest absolute Gasteiger partial charge is 0.481 e. The summed E-state index contributed by atoms with van der Waals surface area (Å²) in [5.41, 5.74) is 1.16. The van der Waals surface area contributed by atoms with Gasteiger partial charge in [-0.15, -0.1) is 0 Å². The van der Waals surface area contributed by atoms with Gasteiger partial charge in [0.15, 0.2) is 0 Å². The minimum Gasteiger partial charge on any atom is -0.481 e. The molecule has 1 aromatic carbocycles. The van der Waals surface area contributed by atoms with Crippen molar-refractivity contribution in [3.05, 3.63) is 35.4 Å². The highest BCUT2D eigenvalue weighted by atomic mass is 32.2. The number of rotatable bonds is 5. The van der Waals surface area contributed by atoms with Gasteiger partial charge in [-0.2, -0.15) is 4.31 Å². The van der Waals surface area contributed by atoms with Gasteiger partial charge in [-0.25, -0.2) is 17.2 Å². The van der Waals surface area contributed by atoms with E-state index in [9.17, 15) is 27.1 Å². The lowest BCUT2D eigenvalue weighted by Crippen LogP contribution is -2.42. The maximum Gasteiger partial charge on any atom is 0.312 e. The van der Waals surface area contributed by atoms with Crippen molar-refractivity contribution in [1.82, 2.24) is 4.31 Å². The maximum absolute atomic E-state index is 12.9. The Morgan fingerprint density at radius 3 is 2.64 bits per heavy atom. The summed E-state index contributed by atoms with van der Waals surface area (Å²) in [4.78, 5) is 11.4. The molecule has 0 amide bonds. The van der Waals surface area contributed by atoms with Gasteiger partial charge in [0.2, 0.25) is 15.9 Å². The molecule has 0 radical (unpaired) electrons. The average molecular weight is 333 g/mol. The lowest BCUT2D eigenvalue weighted by molar-refractivity contribution is -0.139. The molecule has 0 bridgehead atoms. The van der Waals surface area contributed by atoms with Crippen LogP contribution in [0.3, 0.4) is 0 Å². The summed E-state index contributed by atoms with van der Waals surface area (Å²) in [6.45, 7) is 0.440. The van der Waals surface area contributed by atoms with Crippen LogP contribution in [0.2, 0.25) is 0 Å². The molecule has 22 heavy (non-hydrogen) atoms. The van der Waals surface area contributed by atoms with Crippen molar-refractivity contribution in [2.24, 2.45) is 0 Å². The Balaban J connectivity index is 2.26. The first-order chi connectivity index (χ1) is 10.1. The molecule has 8 heteroatoms. The van der Waals surface area contributed by atoms with Crippen molar-refractivity contribution >= 4 is 16.0 Å². The van der Waals surface area contributed by atoms with Crippen LogP contribution in [0.5, 0.6) is 0 Å². The van der Waals surface area contributed by atoms with E-state index in [0.717, 1.165) is 4.31 Å². The van der Waals surface area contributed by atoms with Crippen LogP contribution >= 0.6 is 0 Å². The van der Waals surface area contributed by atoms with Gasteiger partial charge in [-0.05, 0) is 18.1 Å². The summed E-state index contributed by atoms with van der Waals surface area (Å²) in [5.74, 6) is -5.90. The molecule has 0 spiro atoms. The monoisotopic (exact) mass is 333 g/mol. The number of hydrogen-bond donors (Lipinski definition) is 1. The van der Waals surface area contributed by atoms with Crippen molar-refractivity contribution in [1.29, 1.82) is 0 Å². The number of sulfonamides is 1. The maximum atomic E-state index is 12.9. The number of carbonyl (C=O) groups is 1. The fourth-order valence-electron chi connectivity index (χ4n) is 2.43. The third-order valence-corrected chi connectivity index (χ3v) is 5.44. The number of halogens is 2. The molecule has 0 saturated carbocycles. The first kappa shape index (κ1) is 16.8. The molecule has 1 N–H and O–H groups in total. The lowest BCUT2D eigenvalue weighted by Gasteiger charge is -2.32. The zero-order valence-electron chi connectivity index (χ0n) is 12.0. The van der Waals surface area contributed by atoms with E-state index in [4.69, 9.17) is 0 Å². The fourth-order valence-corrected chi connectivity index (χ4v) is 4.02. The van der Waals surface area contributed by atoms with Gasteiger partial charge in [0.05, 0.1) is 11.7 Å². The van der Waals surface area contributed by atoms with Gasteiger partial charge >= 0.3 is 5.97 Å². The number of alkyl halides is 2. The van der Waals surface area contributed by atoms with Crippen LogP contribution in [-0.2, 0) is 21.4 Å². The number of fused-ring (bicyclic) bond motifs is 1. The number of nitrogens with zero attached hydrogens (tertiary/aromatic N) is 1. The zero-order chi connectivity index (χ0) is 16.5. The molecule has 1 aliphatic heterocycles. The van der Waals surface area contributed by atoms with Crippen molar-refractivity contribution in [3.63, 3.8) is 0 Å². The zero-order valence-corrected chi connectivity index (χ0v) is 12.8. The SMILES string of the molecule is CC(F)(F)CCS(=O)(=O)N1Cc2ccccc2C(C(=O)O)C1. The molecule has 1 unspecified atom stereocenters. The molecule has 122 valence electrons. The van der Waals surface area contributed by atoms with E-state index in [0.29, 0.717) is 18.1 Å². The average Bonchev–Trinajstić information content (AvgIpc) is 2.43. The third-order valence-electron chi connectivity index (χ3n) is 3.65. The summed E-state index contributed by atoms with van der Waals surface area (Å²) >= 11 is 0. The van der Waals surface area contributed by atoms with E-state index in [-0.39, 0.29) is 13.1 Å². The Bertz CT molecular complexity index is 670. The van der Waals surface area contributed by atoms with Gasteiger partial charge in [-0.3, -0.25) is 4.79 Å². The molecule has 1 atom stereocenters. The highest BCUT2D eigenvalue weighted by Crippen LogP contribution is 2.31. The predicted molar refractivity (Wildman–Crippen MR) is 76.3 cm³/mol. The molecule has 0 saturated heterocycles. The van der Waals surface area contributed by atoms with Gasteiger partial charge in [0, 0.05) is 19.5 Å². The molecule has 2 rings (SSSR count).